The van der Waals surface area contributed by atoms with Gasteiger partial charge in [-0.05, 0) is 31.0 Å². The highest BCUT2D eigenvalue weighted by Gasteiger charge is 2.05. The molecule has 0 unspecified atom stereocenters. The summed E-state index contributed by atoms with van der Waals surface area (Å²) in [6, 6.07) is 5.72. The summed E-state index contributed by atoms with van der Waals surface area (Å²) < 4.78 is 10.5. The standard InChI is InChI=1S/C18H30N4O3/c1-5-10-20-17(23)9-11-21-18(19-6-2)22-13-14-7-8-15(24-3)16(12-14)25-4/h7-8,12H,5-6,9-11,13H2,1-4H3,(H,20,23)(H2,19,21,22). The molecule has 3 N–H and O–H groups in total. The molecule has 140 valence electrons. The van der Waals surface area contributed by atoms with E-state index >= 15 is 0 Å². The Bertz CT molecular complexity index is 561. The molecule has 0 aliphatic carbocycles. The first-order chi connectivity index (χ1) is 12.1. The molecular weight excluding hydrogens is 320 g/mol. The third kappa shape index (κ3) is 7.78. The Hall–Kier alpha value is -2.44. The monoisotopic (exact) mass is 350 g/mol. The summed E-state index contributed by atoms with van der Waals surface area (Å²) in [7, 11) is 3.22. The Morgan fingerprint density at radius 3 is 2.44 bits per heavy atom. The molecule has 0 fully saturated rings. The van der Waals surface area contributed by atoms with Gasteiger partial charge in [0.1, 0.15) is 0 Å². The van der Waals surface area contributed by atoms with Crippen LogP contribution in [0.15, 0.2) is 23.2 Å². The van der Waals surface area contributed by atoms with E-state index in [0.717, 1.165) is 18.5 Å². The van der Waals surface area contributed by atoms with E-state index in [0.29, 0.717) is 43.5 Å². The molecule has 1 aromatic carbocycles. The first-order valence-electron chi connectivity index (χ1n) is 8.64. The first-order valence-corrected chi connectivity index (χ1v) is 8.64. The molecule has 7 heteroatoms. The van der Waals surface area contributed by atoms with Gasteiger partial charge in [-0.15, -0.1) is 0 Å². The number of nitrogens with zero attached hydrogens (tertiary/aromatic N) is 1. The number of carbonyl (C=O) groups is 1. The van der Waals surface area contributed by atoms with Crippen molar-refractivity contribution in [2.24, 2.45) is 4.99 Å². The van der Waals surface area contributed by atoms with Gasteiger partial charge in [0.05, 0.1) is 20.8 Å². The minimum Gasteiger partial charge on any atom is -0.493 e. The second kappa shape index (κ2) is 12.0. The van der Waals surface area contributed by atoms with Crippen LogP contribution in [0.25, 0.3) is 0 Å². The van der Waals surface area contributed by atoms with Crippen LogP contribution in [-0.2, 0) is 11.3 Å². The lowest BCUT2D eigenvalue weighted by Gasteiger charge is -2.12. The maximum absolute atomic E-state index is 11.6. The Kier molecular flexibility index (Phi) is 9.89. The molecule has 0 heterocycles. The van der Waals surface area contributed by atoms with Crippen LogP contribution in [0.5, 0.6) is 11.5 Å². The molecular formula is C18H30N4O3. The fourth-order valence-corrected chi connectivity index (χ4v) is 2.14. The minimum atomic E-state index is 0.0464. The number of benzene rings is 1. The maximum atomic E-state index is 11.6. The Balaban J connectivity index is 2.58. The van der Waals surface area contributed by atoms with Gasteiger partial charge < -0.3 is 25.4 Å². The van der Waals surface area contributed by atoms with Crippen LogP contribution >= 0.6 is 0 Å². The van der Waals surface area contributed by atoms with Crippen LogP contribution in [0.1, 0.15) is 32.3 Å². The summed E-state index contributed by atoms with van der Waals surface area (Å²) >= 11 is 0. The highest BCUT2D eigenvalue weighted by atomic mass is 16.5. The summed E-state index contributed by atoms with van der Waals surface area (Å²) in [5.41, 5.74) is 1.01. The van der Waals surface area contributed by atoms with Crippen molar-refractivity contribution in [1.82, 2.24) is 16.0 Å². The van der Waals surface area contributed by atoms with Crippen molar-refractivity contribution in [1.29, 1.82) is 0 Å². The van der Waals surface area contributed by atoms with Crippen molar-refractivity contribution in [3.05, 3.63) is 23.8 Å². The number of carbonyl (C=O) groups excluding carboxylic acids is 1. The molecule has 1 aromatic rings. The van der Waals surface area contributed by atoms with Crippen molar-refractivity contribution in [2.45, 2.75) is 33.2 Å². The van der Waals surface area contributed by atoms with E-state index in [-0.39, 0.29) is 5.91 Å². The van der Waals surface area contributed by atoms with E-state index in [4.69, 9.17) is 9.47 Å². The molecule has 1 rings (SSSR count). The lowest BCUT2D eigenvalue weighted by Crippen LogP contribution is -2.39. The predicted octanol–water partition coefficient (Wildman–Crippen LogP) is 1.68. The summed E-state index contributed by atoms with van der Waals surface area (Å²) in [6.07, 6.45) is 1.36. The largest absolute Gasteiger partial charge is 0.493 e. The topological polar surface area (TPSA) is 84.0 Å². The molecule has 0 bridgehead atoms. The molecule has 0 saturated carbocycles. The van der Waals surface area contributed by atoms with Crippen molar-refractivity contribution in [2.75, 3.05) is 33.9 Å². The quantitative estimate of drug-likeness (QED) is 0.442. The lowest BCUT2D eigenvalue weighted by atomic mass is 10.2. The van der Waals surface area contributed by atoms with Crippen LogP contribution in [0.4, 0.5) is 0 Å². The van der Waals surface area contributed by atoms with Crippen LogP contribution in [0.3, 0.4) is 0 Å². The number of hydrogen-bond donors (Lipinski definition) is 3. The second-order valence-corrected chi connectivity index (χ2v) is 5.41. The van der Waals surface area contributed by atoms with Crippen molar-refractivity contribution in [3.63, 3.8) is 0 Å². The summed E-state index contributed by atoms with van der Waals surface area (Å²) in [5, 5.41) is 9.20. The van der Waals surface area contributed by atoms with Gasteiger partial charge >= 0.3 is 0 Å². The van der Waals surface area contributed by atoms with Crippen LogP contribution in [0, 0.1) is 0 Å². The number of aliphatic imine (C=N–C) groups is 1. The number of amides is 1. The smallest absolute Gasteiger partial charge is 0.221 e. The number of rotatable bonds is 10. The number of guanidine groups is 1. The van der Waals surface area contributed by atoms with Gasteiger partial charge in [0.25, 0.3) is 0 Å². The zero-order valence-electron chi connectivity index (χ0n) is 15.6. The van der Waals surface area contributed by atoms with Crippen molar-refractivity contribution < 1.29 is 14.3 Å². The molecule has 0 spiro atoms. The fourth-order valence-electron chi connectivity index (χ4n) is 2.14. The van der Waals surface area contributed by atoms with E-state index in [1.165, 1.54) is 0 Å². The molecule has 0 radical (unpaired) electrons. The average molecular weight is 350 g/mol. The normalized spacial score (nSPS) is 11.0. The van der Waals surface area contributed by atoms with E-state index in [1.54, 1.807) is 14.2 Å². The van der Waals surface area contributed by atoms with Gasteiger partial charge in [-0.2, -0.15) is 0 Å². The van der Waals surface area contributed by atoms with E-state index < -0.39 is 0 Å². The molecule has 0 saturated heterocycles. The van der Waals surface area contributed by atoms with E-state index in [9.17, 15) is 4.79 Å². The molecule has 0 aliphatic rings. The van der Waals surface area contributed by atoms with Gasteiger partial charge in [-0.25, -0.2) is 4.99 Å². The van der Waals surface area contributed by atoms with E-state index in [2.05, 4.69) is 20.9 Å². The zero-order valence-corrected chi connectivity index (χ0v) is 15.6. The summed E-state index contributed by atoms with van der Waals surface area (Å²) in [4.78, 5) is 16.2. The summed E-state index contributed by atoms with van der Waals surface area (Å²) in [6.45, 7) is 6.53. The van der Waals surface area contributed by atoms with Crippen LogP contribution < -0.4 is 25.4 Å². The molecule has 7 nitrogen and oxygen atoms in total. The minimum absolute atomic E-state index is 0.0464. The van der Waals surface area contributed by atoms with Gasteiger partial charge in [0.15, 0.2) is 17.5 Å². The Labute approximate surface area is 150 Å². The molecule has 0 atom stereocenters. The second-order valence-electron chi connectivity index (χ2n) is 5.41. The van der Waals surface area contributed by atoms with Gasteiger partial charge in [-0.1, -0.05) is 13.0 Å². The van der Waals surface area contributed by atoms with Crippen LogP contribution in [0.2, 0.25) is 0 Å². The maximum Gasteiger partial charge on any atom is 0.221 e. The van der Waals surface area contributed by atoms with Gasteiger partial charge in [0.2, 0.25) is 5.91 Å². The zero-order chi connectivity index (χ0) is 18.5. The Morgan fingerprint density at radius 1 is 1.04 bits per heavy atom. The fraction of sp³-hybridized carbons (Fsp3) is 0.556. The van der Waals surface area contributed by atoms with Crippen LogP contribution in [-0.4, -0.2) is 45.7 Å². The SMILES string of the molecule is CCCNC(=O)CCNC(=NCc1ccc(OC)c(OC)c1)NCC. The third-order valence-electron chi connectivity index (χ3n) is 3.43. The first kappa shape index (κ1) is 20.6. The molecule has 0 aromatic heterocycles. The number of methoxy groups -OCH3 is 2. The highest BCUT2D eigenvalue weighted by Crippen LogP contribution is 2.27. The van der Waals surface area contributed by atoms with Crippen molar-refractivity contribution >= 4 is 11.9 Å². The van der Waals surface area contributed by atoms with E-state index in [1.807, 2.05) is 32.0 Å². The lowest BCUT2D eigenvalue weighted by molar-refractivity contribution is -0.120. The average Bonchev–Trinajstić information content (AvgIpc) is 2.64. The Morgan fingerprint density at radius 2 is 1.80 bits per heavy atom. The number of ether oxygens (including phenoxy) is 2. The summed E-state index contributed by atoms with van der Waals surface area (Å²) in [5.74, 6) is 2.10. The third-order valence-corrected chi connectivity index (χ3v) is 3.43. The predicted molar refractivity (Wildman–Crippen MR) is 100 cm³/mol. The number of hydrogen-bond acceptors (Lipinski definition) is 4. The number of nitrogens with one attached hydrogen (secondary N) is 3. The molecule has 25 heavy (non-hydrogen) atoms. The highest BCUT2D eigenvalue weighted by molar-refractivity contribution is 5.81. The van der Waals surface area contributed by atoms with Gasteiger partial charge in [0, 0.05) is 26.1 Å². The van der Waals surface area contributed by atoms with Gasteiger partial charge in [-0.3, -0.25) is 4.79 Å². The molecule has 0 aliphatic heterocycles. The molecule has 1 amide bonds. The van der Waals surface area contributed by atoms with Crippen molar-refractivity contribution in [3.8, 4) is 11.5 Å².